The van der Waals surface area contributed by atoms with E-state index in [-0.39, 0.29) is 6.04 Å². The highest BCUT2D eigenvalue weighted by Crippen LogP contribution is 2.30. The van der Waals surface area contributed by atoms with Crippen LogP contribution in [0.25, 0.3) is 0 Å². The quantitative estimate of drug-likeness (QED) is 0.775. The molecule has 0 amide bonds. The molecule has 0 aliphatic rings. The zero-order valence-corrected chi connectivity index (χ0v) is 13.7. The van der Waals surface area contributed by atoms with Gasteiger partial charge in [-0.1, -0.05) is 30.7 Å². The molecule has 5 heteroatoms. The Morgan fingerprint density at radius 1 is 1.33 bits per heavy atom. The van der Waals surface area contributed by atoms with Crippen LogP contribution in [0.15, 0.2) is 47.6 Å². The van der Waals surface area contributed by atoms with Crippen molar-refractivity contribution >= 4 is 23.4 Å². The number of methoxy groups -OCH3 is 1. The zero-order chi connectivity index (χ0) is 15.1. The number of nitrogens with one attached hydrogen (secondary N) is 1. The van der Waals surface area contributed by atoms with E-state index in [0.29, 0.717) is 0 Å². The standard InChI is InChI=1S/C16H19ClN2OS/c1-3-19-15(12-8-13(20-2)10-18-9-12)11-21-16-7-5-4-6-14(16)17/h4-10,15,19H,3,11H2,1-2H3. The number of nitrogens with zero attached hydrogens (tertiary/aromatic N) is 1. The van der Waals surface area contributed by atoms with Crippen LogP contribution in [0, 0.1) is 0 Å². The molecule has 0 aliphatic carbocycles. The summed E-state index contributed by atoms with van der Waals surface area (Å²) in [5.41, 5.74) is 1.12. The van der Waals surface area contributed by atoms with E-state index in [1.54, 1.807) is 25.1 Å². The van der Waals surface area contributed by atoms with Crippen LogP contribution in [0.2, 0.25) is 5.02 Å². The monoisotopic (exact) mass is 322 g/mol. The van der Waals surface area contributed by atoms with Crippen molar-refractivity contribution < 1.29 is 4.74 Å². The van der Waals surface area contributed by atoms with Crippen molar-refractivity contribution in [3.63, 3.8) is 0 Å². The first-order chi connectivity index (χ1) is 10.2. The van der Waals surface area contributed by atoms with Crippen molar-refractivity contribution in [2.24, 2.45) is 0 Å². The Hall–Kier alpha value is -1.23. The Kier molecular flexibility index (Phi) is 6.36. The molecule has 2 aromatic rings. The lowest BCUT2D eigenvalue weighted by Gasteiger charge is -2.18. The summed E-state index contributed by atoms with van der Waals surface area (Å²) in [6.45, 7) is 2.99. The van der Waals surface area contributed by atoms with E-state index in [4.69, 9.17) is 16.3 Å². The van der Waals surface area contributed by atoms with Gasteiger partial charge in [0, 0.05) is 22.9 Å². The van der Waals surface area contributed by atoms with Crippen molar-refractivity contribution in [3.8, 4) is 5.75 Å². The van der Waals surface area contributed by atoms with Gasteiger partial charge in [0.25, 0.3) is 0 Å². The number of benzene rings is 1. The summed E-state index contributed by atoms with van der Waals surface area (Å²) >= 11 is 7.95. The lowest BCUT2D eigenvalue weighted by Crippen LogP contribution is -2.23. The molecule has 112 valence electrons. The summed E-state index contributed by atoms with van der Waals surface area (Å²) in [6, 6.07) is 10.1. The van der Waals surface area contributed by atoms with Gasteiger partial charge in [-0.2, -0.15) is 0 Å². The van der Waals surface area contributed by atoms with Gasteiger partial charge in [-0.25, -0.2) is 0 Å². The number of rotatable bonds is 7. The number of hydrogen-bond acceptors (Lipinski definition) is 4. The van der Waals surface area contributed by atoms with Crippen LogP contribution in [0.1, 0.15) is 18.5 Å². The fraction of sp³-hybridized carbons (Fsp3) is 0.312. The number of ether oxygens (including phenoxy) is 1. The summed E-state index contributed by atoms with van der Waals surface area (Å²) < 4.78 is 5.25. The van der Waals surface area contributed by atoms with Crippen molar-refractivity contribution in [1.29, 1.82) is 0 Å². The highest BCUT2D eigenvalue weighted by molar-refractivity contribution is 7.99. The smallest absolute Gasteiger partial charge is 0.137 e. The molecule has 0 fully saturated rings. The summed E-state index contributed by atoms with van der Waals surface area (Å²) in [6.07, 6.45) is 3.59. The van der Waals surface area contributed by atoms with Gasteiger partial charge in [0.15, 0.2) is 0 Å². The van der Waals surface area contributed by atoms with Crippen molar-refractivity contribution in [1.82, 2.24) is 10.3 Å². The Morgan fingerprint density at radius 3 is 2.86 bits per heavy atom. The molecule has 0 saturated heterocycles. The number of halogens is 1. The third kappa shape index (κ3) is 4.63. The molecule has 3 nitrogen and oxygen atoms in total. The van der Waals surface area contributed by atoms with Crippen molar-refractivity contribution in [3.05, 3.63) is 53.3 Å². The highest BCUT2D eigenvalue weighted by Gasteiger charge is 2.13. The SMILES string of the molecule is CCNC(CSc1ccccc1Cl)c1cncc(OC)c1. The third-order valence-electron chi connectivity index (χ3n) is 3.07. The maximum Gasteiger partial charge on any atom is 0.137 e. The van der Waals surface area contributed by atoms with Crippen LogP contribution in [-0.4, -0.2) is 24.4 Å². The topological polar surface area (TPSA) is 34.2 Å². The first-order valence-corrected chi connectivity index (χ1v) is 8.20. The third-order valence-corrected chi connectivity index (χ3v) is 4.67. The van der Waals surface area contributed by atoms with Gasteiger partial charge in [0.1, 0.15) is 5.75 Å². The predicted molar refractivity (Wildman–Crippen MR) is 89.4 cm³/mol. The van der Waals surface area contributed by atoms with E-state index >= 15 is 0 Å². The average Bonchev–Trinajstić information content (AvgIpc) is 2.53. The van der Waals surface area contributed by atoms with Crippen LogP contribution in [0.5, 0.6) is 5.75 Å². The van der Waals surface area contributed by atoms with Crippen LogP contribution in [0.4, 0.5) is 0 Å². The molecule has 1 aromatic heterocycles. The lowest BCUT2D eigenvalue weighted by molar-refractivity contribution is 0.411. The summed E-state index contributed by atoms with van der Waals surface area (Å²) in [5.74, 6) is 1.66. The Labute approximate surface area is 135 Å². The molecular weight excluding hydrogens is 304 g/mol. The fourth-order valence-electron chi connectivity index (χ4n) is 1.99. The highest BCUT2D eigenvalue weighted by atomic mass is 35.5. The van der Waals surface area contributed by atoms with Crippen molar-refractivity contribution in [2.45, 2.75) is 17.9 Å². The van der Waals surface area contributed by atoms with E-state index in [1.807, 2.05) is 36.5 Å². The number of pyridine rings is 1. The molecular formula is C16H19ClN2OS. The molecule has 1 atom stereocenters. The predicted octanol–water partition coefficient (Wildman–Crippen LogP) is 4.19. The summed E-state index contributed by atoms with van der Waals surface area (Å²) in [4.78, 5) is 5.33. The average molecular weight is 323 g/mol. The number of hydrogen-bond donors (Lipinski definition) is 1. The minimum absolute atomic E-state index is 0.207. The molecule has 1 unspecified atom stereocenters. The van der Waals surface area contributed by atoms with Gasteiger partial charge in [0.2, 0.25) is 0 Å². The Morgan fingerprint density at radius 2 is 2.14 bits per heavy atom. The van der Waals surface area contributed by atoms with Crippen molar-refractivity contribution in [2.75, 3.05) is 19.4 Å². The zero-order valence-electron chi connectivity index (χ0n) is 12.2. The number of thioether (sulfide) groups is 1. The molecule has 1 heterocycles. The lowest BCUT2D eigenvalue weighted by atomic mass is 10.1. The first kappa shape index (κ1) is 16.1. The van der Waals surface area contributed by atoms with Gasteiger partial charge in [-0.15, -0.1) is 11.8 Å². The van der Waals surface area contributed by atoms with E-state index in [1.165, 1.54) is 0 Å². The molecule has 21 heavy (non-hydrogen) atoms. The first-order valence-electron chi connectivity index (χ1n) is 6.84. The molecule has 1 aromatic carbocycles. The van der Waals surface area contributed by atoms with Gasteiger partial charge >= 0.3 is 0 Å². The summed E-state index contributed by atoms with van der Waals surface area (Å²) in [7, 11) is 1.65. The van der Waals surface area contributed by atoms with E-state index in [9.17, 15) is 0 Å². The maximum atomic E-state index is 6.20. The van der Waals surface area contributed by atoms with Gasteiger partial charge in [-0.3, -0.25) is 4.98 Å². The van der Waals surface area contributed by atoms with Crippen LogP contribution >= 0.6 is 23.4 Å². The minimum Gasteiger partial charge on any atom is -0.495 e. The molecule has 2 rings (SSSR count). The van der Waals surface area contributed by atoms with Crippen LogP contribution < -0.4 is 10.1 Å². The van der Waals surface area contributed by atoms with Crippen LogP contribution in [0.3, 0.4) is 0 Å². The largest absolute Gasteiger partial charge is 0.495 e. The molecule has 1 N–H and O–H groups in total. The minimum atomic E-state index is 0.207. The molecule has 0 radical (unpaired) electrons. The second-order valence-electron chi connectivity index (χ2n) is 4.51. The summed E-state index contributed by atoms with van der Waals surface area (Å²) in [5, 5.41) is 4.27. The van der Waals surface area contributed by atoms with E-state index in [2.05, 4.69) is 17.2 Å². The van der Waals surface area contributed by atoms with Gasteiger partial charge < -0.3 is 10.1 Å². The number of aromatic nitrogens is 1. The second-order valence-corrected chi connectivity index (χ2v) is 5.98. The van der Waals surface area contributed by atoms with E-state index < -0.39 is 0 Å². The molecule has 0 bridgehead atoms. The molecule has 0 aliphatic heterocycles. The van der Waals surface area contributed by atoms with E-state index in [0.717, 1.165) is 33.5 Å². The van der Waals surface area contributed by atoms with Crippen LogP contribution in [-0.2, 0) is 0 Å². The molecule has 0 spiro atoms. The Balaban J connectivity index is 2.10. The van der Waals surface area contributed by atoms with Gasteiger partial charge in [-0.05, 0) is 30.3 Å². The Bertz CT molecular complexity index is 580. The second kappa shape index (κ2) is 8.27. The maximum absolute atomic E-state index is 6.20. The fourth-order valence-corrected chi connectivity index (χ4v) is 3.33. The normalized spacial score (nSPS) is 12.1. The molecule has 0 saturated carbocycles. The van der Waals surface area contributed by atoms with Gasteiger partial charge in [0.05, 0.1) is 18.3 Å².